The van der Waals surface area contributed by atoms with Gasteiger partial charge in [0.15, 0.2) is 17.8 Å². The first kappa shape index (κ1) is 20.4. The Morgan fingerprint density at radius 3 is 1.84 bits per heavy atom. The van der Waals surface area contributed by atoms with Crippen LogP contribution in [-0.4, -0.2) is 32.0 Å². The van der Waals surface area contributed by atoms with Crippen LogP contribution in [0.5, 0.6) is 17.2 Å². The molecule has 7 heteroatoms. The molecule has 0 radical (unpaired) electrons. The Hall–Kier alpha value is -3.84. The number of hydrogen-bond acceptors (Lipinski definition) is 7. The molecule has 4 rings (SSSR count). The van der Waals surface area contributed by atoms with Gasteiger partial charge in [-0.25, -0.2) is 15.8 Å². The van der Waals surface area contributed by atoms with E-state index in [1.165, 1.54) is 5.01 Å². The molecule has 0 saturated heterocycles. The van der Waals surface area contributed by atoms with Crippen LogP contribution in [0.15, 0.2) is 64.6 Å². The molecule has 0 bridgehead atoms. The van der Waals surface area contributed by atoms with Gasteiger partial charge < -0.3 is 15.3 Å². The van der Waals surface area contributed by atoms with E-state index in [2.05, 4.69) is 0 Å². The predicted octanol–water partition coefficient (Wildman–Crippen LogP) is 3.81. The van der Waals surface area contributed by atoms with Gasteiger partial charge >= 0.3 is 0 Å². The summed E-state index contributed by atoms with van der Waals surface area (Å²) in [6, 6.07) is 15.6. The van der Waals surface area contributed by atoms with E-state index >= 15 is 0 Å². The Kier molecular flexibility index (Phi) is 5.12. The smallest absolute Gasteiger partial charge is 0.164 e. The number of phenolic OH excluding ortho intramolecular Hbond substituents is 3. The zero-order valence-electron chi connectivity index (χ0n) is 17.5. The molecule has 7 nitrogen and oxygen atoms in total. The van der Waals surface area contributed by atoms with Crippen LogP contribution < -0.4 is 5.84 Å². The van der Waals surface area contributed by atoms with E-state index in [0.29, 0.717) is 28.4 Å². The van der Waals surface area contributed by atoms with E-state index in [1.807, 2.05) is 39.0 Å². The minimum Gasteiger partial charge on any atom is -0.508 e. The monoisotopic (exact) mass is 416 g/mol. The molecule has 3 aromatic carbocycles. The number of nitrogens with zero attached hydrogens (tertiary/aromatic N) is 3. The summed E-state index contributed by atoms with van der Waals surface area (Å²) < 4.78 is 0. The molecule has 1 aliphatic rings. The molecule has 1 heterocycles. The van der Waals surface area contributed by atoms with Crippen LogP contribution in [0.4, 0.5) is 0 Å². The maximum atomic E-state index is 9.93. The molecular formula is C24H24N4O3. The van der Waals surface area contributed by atoms with Crippen molar-refractivity contribution < 1.29 is 15.3 Å². The number of hydrogen-bond donors (Lipinski definition) is 4. The van der Waals surface area contributed by atoms with Crippen molar-refractivity contribution in [1.82, 2.24) is 5.01 Å². The number of phenols is 3. The lowest BCUT2D eigenvalue weighted by Gasteiger charge is -2.32. The lowest BCUT2D eigenvalue weighted by atomic mass is 10.0. The quantitative estimate of drug-likeness (QED) is 0.485. The van der Waals surface area contributed by atoms with E-state index in [9.17, 15) is 15.3 Å². The van der Waals surface area contributed by atoms with Gasteiger partial charge in [-0.2, -0.15) is 0 Å². The summed E-state index contributed by atoms with van der Waals surface area (Å²) in [6.07, 6.45) is -0.579. The molecule has 0 spiro atoms. The molecule has 1 aliphatic heterocycles. The Morgan fingerprint density at radius 1 is 0.742 bits per heavy atom. The summed E-state index contributed by atoms with van der Waals surface area (Å²) in [5.41, 5.74) is 4.42. The van der Waals surface area contributed by atoms with Gasteiger partial charge in [0.05, 0.1) is 0 Å². The highest BCUT2D eigenvalue weighted by atomic mass is 16.3. The van der Waals surface area contributed by atoms with Crippen molar-refractivity contribution in [1.29, 1.82) is 0 Å². The molecular weight excluding hydrogens is 392 g/mol. The van der Waals surface area contributed by atoms with Crippen LogP contribution in [0.1, 0.15) is 39.5 Å². The van der Waals surface area contributed by atoms with Crippen LogP contribution in [-0.2, 0) is 0 Å². The maximum absolute atomic E-state index is 9.93. The summed E-state index contributed by atoms with van der Waals surface area (Å²) in [6.45, 7) is 5.43. The standard InChI is InChI=1S/C24H24N4O3/c1-13-10-16(4-7-19(13)29)22-26-23(17-5-8-20(30)14(2)11-17)28(25)24(27-22)18-6-9-21(31)15(3)12-18/h4-12,23,29-31H,25H2,1-3H3. The number of aryl methyl sites for hydroxylation is 3. The average Bonchev–Trinajstić information content (AvgIpc) is 2.74. The number of aromatic hydroxyl groups is 3. The van der Waals surface area contributed by atoms with E-state index in [1.54, 1.807) is 36.4 Å². The highest BCUT2D eigenvalue weighted by molar-refractivity contribution is 6.13. The van der Waals surface area contributed by atoms with E-state index in [0.717, 1.165) is 16.7 Å². The first-order valence-electron chi connectivity index (χ1n) is 9.84. The molecule has 0 amide bonds. The zero-order valence-corrected chi connectivity index (χ0v) is 17.5. The van der Waals surface area contributed by atoms with Crippen molar-refractivity contribution in [2.75, 3.05) is 0 Å². The Bertz CT molecular complexity index is 1230. The minimum absolute atomic E-state index is 0.192. The third kappa shape index (κ3) is 3.83. The van der Waals surface area contributed by atoms with Gasteiger partial charge in [-0.3, -0.25) is 5.01 Å². The fourth-order valence-corrected chi connectivity index (χ4v) is 3.50. The highest BCUT2D eigenvalue weighted by Gasteiger charge is 2.28. The largest absolute Gasteiger partial charge is 0.508 e. The van der Waals surface area contributed by atoms with E-state index in [-0.39, 0.29) is 17.2 Å². The fourth-order valence-electron chi connectivity index (χ4n) is 3.50. The van der Waals surface area contributed by atoms with E-state index < -0.39 is 6.17 Å². The van der Waals surface area contributed by atoms with Crippen LogP contribution in [0.25, 0.3) is 0 Å². The molecule has 0 aliphatic carbocycles. The molecule has 1 atom stereocenters. The first-order valence-corrected chi connectivity index (χ1v) is 9.84. The van der Waals surface area contributed by atoms with Crippen molar-refractivity contribution in [2.24, 2.45) is 15.8 Å². The third-order valence-electron chi connectivity index (χ3n) is 5.39. The normalized spacial score (nSPS) is 16.1. The first-order chi connectivity index (χ1) is 14.7. The average molecular weight is 416 g/mol. The number of rotatable bonds is 3. The molecule has 31 heavy (non-hydrogen) atoms. The van der Waals surface area contributed by atoms with E-state index in [4.69, 9.17) is 15.8 Å². The van der Waals surface area contributed by atoms with Crippen molar-refractivity contribution in [2.45, 2.75) is 26.9 Å². The topological polar surface area (TPSA) is 115 Å². The van der Waals surface area contributed by atoms with Gasteiger partial charge in [-0.05, 0) is 91.6 Å². The highest BCUT2D eigenvalue weighted by Crippen LogP contribution is 2.31. The van der Waals surface area contributed by atoms with Crippen molar-refractivity contribution in [3.05, 3.63) is 88.0 Å². The third-order valence-corrected chi connectivity index (χ3v) is 5.39. The summed E-state index contributed by atoms with van der Waals surface area (Å²) in [5, 5.41) is 31.2. The van der Waals surface area contributed by atoms with Crippen LogP contribution in [0, 0.1) is 20.8 Å². The fraction of sp³-hybridized carbons (Fsp3) is 0.167. The molecule has 1 unspecified atom stereocenters. The van der Waals surface area contributed by atoms with Gasteiger partial charge in [0.2, 0.25) is 0 Å². The number of amidine groups is 2. The summed E-state index contributed by atoms with van der Waals surface area (Å²) in [4.78, 5) is 9.49. The second-order valence-corrected chi connectivity index (χ2v) is 7.72. The van der Waals surface area contributed by atoms with Crippen molar-refractivity contribution in [3.8, 4) is 17.2 Å². The second kappa shape index (κ2) is 7.77. The number of aliphatic imine (C=N–C) groups is 2. The second-order valence-electron chi connectivity index (χ2n) is 7.72. The summed E-state index contributed by atoms with van der Waals surface area (Å²) in [5.74, 6) is 8.05. The molecule has 158 valence electrons. The van der Waals surface area contributed by atoms with Crippen LogP contribution in [0.3, 0.4) is 0 Å². The van der Waals surface area contributed by atoms with Gasteiger partial charge in [-0.15, -0.1) is 0 Å². The minimum atomic E-state index is -0.579. The SMILES string of the molecule is Cc1cc(C2=NC(c3ccc(O)c(C)c3)N(N)C(c3ccc(O)c(C)c3)=N2)ccc1O. The number of nitrogens with two attached hydrogens (primary N) is 1. The van der Waals surface area contributed by atoms with Crippen molar-refractivity contribution in [3.63, 3.8) is 0 Å². The molecule has 0 fully saturated rings. The molecule has 3 aromatic rings. The van der Waals surface area contributed by atoms with Gasteiger partial charge in [0.25, 0.3) is 0 Å². The lowest BCUT2D eigenvalue weighted by Crippen LogP contribution is -2.43. The van der Waals surface area contributed by atoms with Crippen LogP contribution >= 0.6 is 0 Å². The predicted molar refractivity (Wildman–Crippen MR) is 120 cm³/mol. The van der Waals surface area contributed by atoms with Crippen LogP contribution in [0.2, 0.25) is 0 Å². The number of benzene rings is 3. The zero-order chi connectivity index (χ0) is 22.3. The Morgan fingerprint density at radius 2 is 1.26 bits per heavy atom. The maximum Gasteiger partial charge on any atom is 0.164 e. The van der Waals surface area contributed by atoms with Crippen molar-refractivity contribution >= 4 is 11.7 Å². The number of hydrazine groups is 1. The van der Waals surface area contributed by atoms with Gasteiger partial charge in [-0.1, -0.05) is 6.07 Å². The Balaban J connectivity index is 1.88. The van der Waals surface area contributed by atoms with Gasteiger partial charge in [0.1, 0.15) is 17.2 Å². The Labute approximate surface area is 180 Å². The van der Waals surface area contributed by atoms with Gasteiger partial charge in [0, 0.05) is 11.1 Å². The summed E-state index contributed by atoms with van der Waals surface area (Å²) in [7, 11) is 0. The summed E-state index contributed by atoms with van der Waals surface area (Å²) >= 11 is 0. The molecule has 0 saturated carbocycles. The molecule has 0 aromatic heterocycles. The lowest BCUT2D eigenvalue weighted by molar-refractivity contribution is 0.332. The molecule has 5 N–H and O–H groups in total.